The van der Waals surface area contributed by atoms with E-state index in [1.165, 1.54) is 19.2 Å². The maximum Gasteiger partial charge on any atom is 0.337 e. The molecule has 0 aliphatic heterocycles. The molecule has 1 aromatic carbocycles. The Morgan fingerprint density at radius 1 is 1.43 bits per heavy atom. The molecule has 0 bridgehead atoms. The van der Waals surface area contributed by atoms with E-state index in [1.807, 2.05) is 0 Å². The summed E-state index contributed by atoms with van der Waals surface area (Å²) in [5, 5.41) is 9.14. The molecular weight excluding hydrogens is 314 g/mol. The normalized spacial score (nSPS) is 11.9. The number of halogens is 1. The quantitative estimate of drug-likeness (QED) is 0.914. The third kappa shape index (κ3) is 3.59. The first-order chi connectivity index (χ1) is 10.0. The van der Waals surface area contributed by atoms with Gasteiger partial charge in [0, 0.05) is 16.7 Å². The number of benzene rings is 1. The molecule has 0 saturated heterocycles. The van der Waals surface area contributed by atoms with Crippen LogP contribution in [0.25, 0.3) is 0 Å². The summed E-state index contributed by atoms with van der Waals surface area (Å²) in [6.07, 6.45) is 1.58. The average molecular weight is 326 g/mol. The number of hydrogen-bond acceptors (Lipinski definition) is 4. The second-order valence-corrected chi connectivity index (χ2v) is 5.97. The Labute approximate surface area is 129 Å². The predicted molar refractivity (Wildman–Crippen MR) is 79.3 cm³/mol. The molecule has 0 aliphatic rings. The van der Waals surface area contributed by atoms with Crippen molar-refractivity contribution >= 4 is 28.4 Å². The summed E-state index contributed by atoms with van der Waals surface area (Å²) in [7, 11) is 0.0624. The van der Waals surface area contributed by atoms with Gasteiger partial charge in [-0.15, -0.1) is 0 Å². The first kappa shape index (κ1) is 15.5. The van der Waals surface area contributed by atoms with Gasteiger partial charge in [-0.3, -0.25) is 4.21 Å². The molecule has 5 nitrogen and oxygen atoms in total. The number of rotatable bonds is 5. The first-order valence-corrected chi connectivity index (χ1v) is 7.61. The number of aromatic nitrogens is 1. The van der Waals surface area contributed by atoms with Gasteiger partial charge in [-0.1, -0.05) is 17.7 Å². The van der Waals surface area contributed by atoms with Gasteiger partial charge in [0.2, 0.25) is 5.88 Å². The van der Waals surface area contributed by atoms with E-state index >= 15 is 0 Å². The Hall–Kier alpha value is -1.92. The third-order valence-corrected chi connectivity index (χ3v) is 4.44. The highest BCUT2D eigenvalue weighted by Crippen LogP contribution is 2.23. The SMILES string of the molecule is COc1ncccc1CS(=O)c1ccc(Cl)c(C(=O)O)c1. The maximum absolute atomic E-state index is 12.4. The van der Waals surface area contributed by atoms with Gasteiger partial charge >= 0.3 is 5.97 Å². The Morgan fingerprint density at radius 2 is 2.19 bits per heavy atom. The molecule has 1 heterocycles. The van der Waals surface area contributed by atoms with E-state index in [2.05, 4.69) is 4.98 Å². The highest BCUT2D eigenvalue weighted by atomic mass is 35.5. The van der Waals surface area contributed by atoms with Crippen LogP contribution in [0.2, 0.25) is 5.02 Å². The molecule has 2 aromatic rings. The van der Waals surface area contributed by atoms with Crippen LogP contribution in [0.15, 0.2) is 41.4 Å². The largest absolute Gasteiger partial charge is 0.481 e. The zero-order valence-corrected chi connectivity index (χ0v) is 12.6. The lowest BCUT2D eigenvalue weighted by Gasteiger charge is -2.08. The number of carbonyl (C=O) groups is 1. The van der Waals surface area contributed by atoms with Crippen LogP contribution in [-0.2, 0) is 16.6 Å². The van der Waals surface area contributed by atoms with E-state index in [4.69, 9.17) is 21.4 Å². The summed E-state index contributed by atoms with van der Waals surface area (Å²) in [4.78, 5) is 15.5. The molecule has 1 unspecified atom stereocenters. The standard InChI is InChI=1S/C14H12ClNO4S/c1-20-13-9(3-2-6-16-13)8-21(19)10-4-5-12(15)11(7-10)14(17)18/h2-7H,8H2,1H3,(H,17,18). The van der Waals surface area contributed by atoms with E-state index in [-0.39, 0.29) is 16.3 Å². The highest BCUT2D eigenvalue weighted by molar-refractivity contribution is 7.84. The molecule has 0 spiro atoms. The number of methoxy groups -OCH3 is 1. The van der Waals surface area contributed by atoms with Crippen molar-refractivity contribution in [3.8, 4) is 5.88 Å². The van der Waals surface area contributed by atoms with Gasteiger partial charge in [-0.05, 0) is 24.3 Å². The molecule has 0 radical (unpaired) electrons. The number of ether oxygens (including phenoxy) is 1. The van der Waals surface area contributed by atoms with Crippen molar-refractivity contribution in [2.45, 2.75) is 10.6 Å². The smallest absolute Gasteiger partial charge is 0.337 e. The molecule has 0 fully saturated rings. The minimum absolute atomic E-state index is 0.0688. The summed E-state index contributed by atoms with van der Waals surface area (Å²) in [5.74, 6) is -0.575. The fraction of sp³-hybridized carbons (Fsp3) is 0.143. The summed E-state index contributed by atoms with van der Waals surface area (Å²) in [5.41, 5.74) is 0.617. The van der Waals surface area contributed by atoms with Crippen LogP contribution in [0.1, 0.15) is 15.9 Å². The molecular formula is C14H12ClNO4S. The second-order valence-electron chi connectivity index (χ2n) is 4.11. The molecule has 2 rings (SSSR count). The first-order valence-electron chi connectivity index (χ1n) is 5.92. The number of carboxylic acids is 1. The fourth-order valence-corrected chi connectivity index (χ4v) is 3.09. The number of pyridine rings is 1. The molecule has 110 valence electrons. The number of aromatic carboxylic acids is 1. The van der Waals surface area contributed by atoms with Crippen molar-refractivity contribution in [1.82, 2.24) is 4.98 Å². The van der Waals surface area contributed by atoms with Crippen LogP contribution in [-0.4, -0.2) is 27.4 Å². The lowest BCUT2D eigenvalue weighted by Crippen LogP contribution is -2.03. The molecule has 21 heavy (non-hydrogen) atoms. The van der Waals surface area contributed by atoms with Gasteiger partial charge in [0.15, 0.2) is 0 Å². The number of nitrogens with zero attached hydrogens (tertiary/aromatic N) is 1. The predicted octanol–water partition coefficient (Wildman–Crippen LogP) is 2.75. The van der Waals surface area contributed by atoms with Crippen molar-refractivity contribution in [3.63, 3.8) is 0 Å². The third-order valence-electron chi connectivity index (χ3n) is 2.76. The average Bonchev–Trinajstić information content (AvgIpc) is 2.47. The van der Waals surface area contributed by atoms with E-state index in [0.29, 0.717) is 16.3 Å². The van der Waals surface area contributed by atoms with Crippen molar-refractivity contribution in [2.24, 2.45) is 0 Å². The van der Waals surface area contributed by atoms with Crippen molar-refractivity contribution < 1.29 is 18.8 Å². The number of carboxylic acid groups (broad SMARTS) is 1. The Kier molecular flexibility index (Phi) is 4.93. The van der Waals surface area contributed by atoms with Crippen LogP contribution in [0.3, 0.4) is 0 Å². The molecule has 0 amide bonds. The van der Waals surface area contributed by atoms with Crippen LogP contribution < -0.4 is 4.74 Å². The van der Waals surface area contributed by atoms with Crippen LogP contribution in [0.5, 0.6) is 5.88 Å². The molecule has 1 aromatic heterocycles. The van der Waals surface area contributed by atoms with Crippen molar-refractivity contribution in [2.75, 3.05) is 7.11 Å². The highest BCUT2D eigenvalue weighted by Gasteiger charge is 2.14. The van der Waals surface area contributed by atoms with Gasteiger partial charge in [0.25, 0.3) is 0 Å². The second kappa shape index (κ2) is 6.69. The van der Waals surface area contributed by atoms with Crippen LogP contribution >= 0.6 is 11.6 Å². The molecule has 7 heteroatoms. The lowest BCUT2D eigenvalue weighted by molar-refractivity contribution is 0.0697. The zero-order chi connectivity index (χ0) is 15.4. The molecule has 0 saturated carbocycles. The van der Waals surface area contributed by atoms with E-state index < -0.39 is 16.8 Å². The Bertz CT molecular complexity index is 705. The van der Waals surface area contributed by atoms with Crippen LogP contribution in [0, 0.1) is 0 Å². The monoisotopic (exact) mass is 325 g/mol. The van der Waals surface area contributed by atoms with E-state index in [9.17, 15) is 9.00 Å². The summed E-state index contributed by atoms with van der Waals surface area (Å²) < 4.78 is 17.5. The van der Waals surface area contributed by atoms with Gasteiger partial charge < -0.3 is 9.84 Å². The Morgan fingerprint density at radius 3 is 2.86 bits per heavy atom. The molecule has 1 atom stereocenters. The molecule has 0 aliphatic carbocycles. The van der Waals surface area contributed by atoms with E-state index in [1.54, 1.807) is 24.4 Å². The van der Waals surface area contributed by atoms with Gasteiger partial charge in [-0.2, -0.15) is 0 Å². The van der Waals surface area contributed by atoms with E-state index in [0.717, 1.165) is 0 Å². The maximum atomic E-state index is 12.4. The van der Waals surface area contributed by atoms with Gasteiger partial charge in [0.05, 0.1) is 34.2 Å². The lowest BCUT2D eigenvalue weighted by atomic mass is 10.2. The van der Waals surface area contributed by atoms with Crippen molar-refractivity contribution in [1.29, 1.82) is 0 Å². The molecule has 1 N–H and O–H groups in total. The summed E-state index contributed by atoms with van der Waals surface area (Å²) >= 11 is 5.79. The van der Waals surface area contributed by atoms with Gasteiger partial charge in [0.1, 0.15) is 0 Å². The minimum atomic E-state index is -1.42. The zero-order valence-electron chi connectivity index (χ0n) is 11.1. The van der Waals surface area contributed by atoms with Gasteiger partial charge in [-0.25, -0.2) is 9.78 Å². The number of hydrogen-bond donors (Lipinski definition) is 1. The van der Waals surface area contributed by atoms with Crippen LogP contribution in [0.4, 0.5) is 0 Å². The topological polar surface area (TPSA) is 76.5 Å². The fourth-order valence-electron chi connectivity index (χ4n) is 1.75. The minimum Gasteiger partial charge on any atom is -0.481 e. The summed E-state index contributed by atoms with van der Waals surface area (Å²) in [6, 6.07) is 7.79. The summed E-state index contributed by atoms with van der Waals surface area (Å²) in [6.45, 7) is 0. The Balaban J connectivity index is 2.29. The van der Waals surface area contributed by atoms with Crippen molar-refractivity contribution in [3.05, 3.63) is 52.7 Å².